The fraction of sp³-hybridized carbons (Fsp3) is 0.167. The maximum absolute atomic E-state index is 11.9. The molecular weight excluding hydrogens is 304 g/mol. The predicted octanol–water partition coefficient (Wildman–Crippen LogP) is 2.51. The molecule has 0 bridgehead atoms. The van der Waals surface area contributed by atoms with E-state index in [1.807, 2.05) is 36.2 Å². The van der Waals surface area contributed by atoms with E-state index in [4.69, 9.17) is 5.26 Å². The third-order valence-corrected chi connectivity index (χ3v) is 3.42. The van der Waals surface area contributed by atoms with Gasteiger partial charge in [0, 0.05) is 19.3 Å². The van der Waals surface area contributed by atoms with Crippen LogP contribution in [0.4, 0.5) is 5.69 Å². The third kappa shape index (κ3) is 4.58. The first-order valence-corrected chi connectivity index (χ1v) is 7.41. The summed E-state index contributed by atoms with van der Waals surface area (Å²) >= 11 is 0. The summed E-state index contributed by atoms with van der Waals surface area (Å²) in [6.45, 7) is 0.667. The zero-order valence-corrected chi connectivity index (χ0v) is 13.3. The normalized spacial score (nSPS) is 10.3. The second kappa shape index (κ2) is 8.34. The summed E-state index contributed by atoms with van der Waals surface area (Å²) in [5, 5.41) is 22.1. The summed E-state index contributed by atoms with van der Waals surface area (Å²) in [4.78, 5) is 13.9. The van der Waals surface area contributed by atoms with E-state index in [2.05, 4.69) is 16.6 Å². The number of carbonyl (C=O) groups excluding carboxylic acids is 1. The second-order valence-electron chi connectivity index (χ2n) is 5.14. The van der Waals surface area contributed by atoms with Crippen LogP contribution < -0.4 is 10.3 Å². The number of hydrogen-bond acceptors (Lipinski definition) is 5. The third-order valence-electron chi connectivity index (χ3n) is 3.42. The van der Waals surface area contributed by atoms with E-state index in [1.165, 1.54) is 18.3 Å². The van der Waals surface area contributed by atoms with E-state index < -0.39 is 5.91 Å². The largest absolute Gasteiger partial charge is 0.507 e. The number of aromatic hydroxyl groups is 1. The monoisotopic (exact) mass is 322 g/mol. The Kier molecular flexibility index (Phi) is 5.92. The molecule has 0 heterocycles. The molecule has 2 N–H and O–H groups in total. The smallest absolute Gasteiger partial charge is 0.275 e. The molecule has 0 aliphatic rings. The van der Waals surface area contributed by atoms with Crippen molar-refractivity contribution in [1.29, 1.82) is 5.26 Å². The summed E-state index contributed by atoms with van der Waals surface area (Å²) < 4.78 is 0. The van der Waals surface area contributed by atoms with Crippen molar-refractivity contribution in [3.8, 4) is 11.8 Å². The van der Waals surface area contributed by atoms with Crippen LogP contribution in [-0.2, 0) is 0 Å². The van der Waals surface area contributed by atoms with Crippen molar-refractivity contribution in [3.05, 3.63) is 59.7 Å². The number of benzene rings is 2. The molecule has 2 aromatic carbocycles. The standard InChI is InChI=1S/C18H18N4O2/c1-22(12-4-11-19)15-9-7-14(8-10-15)13-20-21-18(24)16-5-2-3-6-17(16)23/h2-3,5-10,13,23H,4,12H2,1H3,(H,21,24)/b20-13-. The highest BCUT2D eigenvalue weighted by Crippen LogP contribution is 2.15. The van der Waals surface area contributed by atoms with Gasteiger partial charge in [-0.15, -0.1) is 0 Å². The molecule has 24 heavy (non-hydrogen) atoms. The maximum Gasteiger partial charge on any atom is 0.275 e. The lowest BCUT2D eigenvalue weighted by molar-refractivity contribution is 0.0952. The van der Waals surface area contributed by atoms with Crippen LogP contribution in [0.15, 0.2) is 53.6 Å². The van der Waals surface area contributed by atoms with Crippen molar-refractivity contribution in [3.63, 3.8) is 0 Å². The number of nitrogens with one attached hydrogen (secondary N) is 1. The molecule has 6 heteroatoms. The van der Waals surface area contributed by atoms with Crippen molar-refractivity contribution in [1.82, 2.24) is 5.43 Å². The molecule has 2 rings (SSSR count). The first-order chi connectivity index (χ1) is 11.6. The average molecular weight is 322 g/mol. The molecule has 0 aromatic heterocycles. The van der Waals surface area contributed by atoms with Gasteiger partial charge in [0.15, 0.2) is 0 Å². The Hall–Kier alpha value is -3.33. The topological polar surface area (TPSA) is 88.7 Å². The van der Waals surface area contributed by atoms with Gasteiger partial charge in [0.05, 0.1) is 24.3 Å². The zero-order valence-electron chi connectivity index (χ0n) is 13.3. The lowest BCUT2D eigenvalue weighted by atomic mass is 10.2. The van der Waals surface area contributed by atoms with E-state index in [-0.39, 0.29) is 11.3 Å². The van der Waals surface area contributed by atoms with Crippen molar-refractivity contribution < 1.29 is 9.90 Å². The summed E-state index contributed by atoms with van der Waals surface area (Å²) in [5.74, 6) is -0.563. The molecule has 0 aliphatic heterocycles. The van der Waals surface area contributed by atoms with Crippen LogP contribution >= 0.6 is 0 Å². The highest BCUT2D eigenvalue weighted by molar-refractivity contribution is 5.97. The zero-order chi connectivity index (χ0) is 17.4. The number of hydrogen-bond donors (Lipinski definition) is 2. The first-order valence-electron chi connectivity index (χ1n) is 7.41. The molecule has 6 nitrogen and oxygen atoms in total. The number of rotatable bonds is 6. The van der Waals surface area contributed by atoms with E-state index in [0.717, 1.165) is 11.3 Å². The fourth-order valence-electron chi connectivity index (χ4n) is 2.05. The lowest BCUT2D eigenvalue weighted by Crippen LogP contribution is -2.18. The van der Waals surface area contributed by atoms with Gasteiger partial charge in [-0.2, -0.15) is 10.4 Å². The summed E-state index contributed by atoms with van der Waals surface area (Å²) in [5.41, 5.74) is 4.37. The van der Waals surface area contributed by atoms with Gasteiger partial charge in [0.2, 0.25) is 0 Å². The lowest BCUT2D eigenvalue weighted by Gasteiger charge is -2.17. The number of amides is 1. The van der Waals surface area contributed by atoms with Gasteiger partial charge in [-0.05, 0) is 29.8 Å². The van der Waals surface area contributed by atoms with Gasteiger partial charge < -0.3 is 10.0 Å². The minimum Gasteiger partial charge on any atom is -0.507 e. The SMILES string of the molecule is CN(CCC#N)c1ccc(/C=N\NC(=O)c2ccccc2O)cc1. The molecule has 0 saturated heterocycles. The van der Waals surface area contributed by atoms with E-state index in [1.54, 1.807) is 12.1 Å². The number of anilines is 1. The molecule has 2 aromatic rings. The molecule has 0 radical (unpaired) electrons. The van der Waals surface area contributed by atoms with Crippen LogP contribution in [0.2, 0.25) is 0 Å². The summed E-state index contributed by atoms with van der Waals surface area (Å²) in [7, 11) is 1.92. The number of nitriles is 1. The average Bonchev–Trinajstić information content (AvgIpc) is 2.60. The molecule has 1 amide bonds. The molecule has 122 valence electrons. The number of nitrogens with zero attached hydrogens (tertiary/aromatic N) is 3. The molecule has 0 aliphatic carbocycles. The van der Waals surface area contributed by atoms with Crippen LogP contribution in [0.25, 0.3) is 0 Å². The van der Waals surface area contributed by atoms with E-state index in [9.17, 15) is 9.90 Å². The van der Waals surface area contributed by atoms with Crippen LogP contribution in [0.1, 0.15) is 22.3 Å². The molecule has 0 fully saturated rings. The van der Waals surface area contributed by atoms with E-state index >= 15 is 0 Å². The van der Waals surface area contributed by atoms with Crippen molar-refractivity contribution in [2.24, 2.45) is 5.10 Å². The second-order valence-corrected chi connectivity index (χ2v) is 5.14. The fourth-order valence-corrected chi connectivity index (χ4v) is 2.05. The number of para-hydroxylation sites is 1. The van der Waals surface area contributed by atoms with Gasteiger partial charge >= 0.3 is 0 Å². The minimum atomic E-state index is -0.475. The predicted molar refractivity (Wildman–Crippen MR) is 93.1 cm³/mol. The number of hydrazone groups is 1. The van der Waals surface area contributed by atoms with Gasteiger partial charge in [0.1, 0.15) is 5.75 Å². The summed E-state index contributed by atoms with van der Waals surface area (Å²) in [6, 6.07) is 16.0. The quantitative estimate of drug-likeness (QED) is 0.632. The Morgan fingerprint density at radius 3 is 2.67 bits per heavy atom. The highest BCUT2D eigenvalue weighted by atomic mass is 16.3. The Labute approximate surface area is 140 Å². The molecular formula is C18H18N4O2. The van der Waals surface area contributed by atoms with Gasteiger partial charge in [-0.1, -0.05) is 24.3 Å². The van der Waals surface area contributed by atoms with Crippen molar-refractivity contribution >= 4 is 17.8 Å². The minimum absolute atomic E-state index is 0.0880. The number of carbonyl (C=O) groups is 1. The van der Waals surface area contributed by atoms with E-state index in [0.29, 0.717) is 13.0 Å². The number of phenols is 1. The summed E-state index contributed by atoms with van der Waals surface area (Å²) in [6.07, 6.45) is 2.00. The molecule has 0 atom stereocenters. The Morgan fingerprint density at radius 2 is 2.00 bits per heavy atom. The Bertz CT molecular complexity index is 763. The van der Waals surface area contributed by atoms with Crippen LogP contribution in [0.5, 0.6) is 5.75 Å². The first kappa shape index (κ1) is 17.0. The van der Waals surface area contributed by atoms with Crippen LogP contribution in [0, 0.1) is 11.3 Å². The van der Waals surface area contributed by atoms with Crippen LogP contribution in [0.3, 0.4) is 0 Å². The Balaban J connectivity index is 1.94. The highest BCUT2D eigenvalue weighted by Gasteiger charge is 2.08. The molecule has 0 saturated carbocycles. The molecule has 0 unspecified atom stereocenters. The van der Waals surface area contributed by atoms with Gasteiger partial charge in [-0.3, -0.25) is 4.79 Å². The Morgan fingerprint density at radius 1 is 1.29 bits per heavy atom. The maximum atomic E-state index is 11.9. The van der Waals surface area contributed by atoms with Gasteiger partial charge in [0.25, 0.3) is 5.91 Å². The van der Waals surface area contributed by atoms with Crippen molar-refractivity contribution in [2.45, 2.75) is 6.42 Å². The van der Waals surface area contributed by atoms with Crippen LogP contribution in [-0.4, -0.2) is 30.8 Å². The van der Waals surface area contributed by atoms with Gasteiger partial charge in [-0.25, -0.2) is 5.43 Å². The number of phenolic OH excluding ortho intramolecular Hbond substituents is 1. The molecule has 0 spiro atoms. The van der Waals surface area contributed by atoms with Crippen molar-refractivity contribution in [2.75, 3.05) is 18.5 Å².